The van der Waals surface area contributed by atoms with E-state index in [-0.39, 0.29) is 31.1 Å². The monoisotopic (exact) mass is 609 g/mol. The van der Waals surface area contributed by atoms with Crippen molar-refractivity contribution in [3.63, 3.8) is 0 Å². The minimum atomic E-state index is -0.760. The van der Waals surface area contributed by atoms with Crippen LogP contribution in [0.15, 0.2) is 12.2 Å². The lowest BCUT2D eigenvalue weighted by atomic mass is 10.1. The summed E-state index contributed by atoms with van der Waals surface area (Å²) in [7, 11) is 0. The van der Waals surface area contributed by atoms with E-state index in [4.69, 9.17) is 14.2 Å². The fourth-order valence-electron chi connectivity index (χ4n) is 4.97. The summed E-state index contributed by atoms with van der Waals surface area (Å²) in [5.74, 6) is -0.899. The first kappa shape index (κ1) is 41.1. The average molecular weight is 609 g/mol. The summed E-state index contributed by atoms with van der Waals surface area (Å²) >= 11 is 0. The van der Waals surface area contributed by atoms with Crippen LogP contribution in [-0.4, -0.2) is 37.2 Å². The van der Waals surface area contributed by atoms with Gasteiger partial charge in [-0.2, -0.15) is 0 Å². The zero-order chi connectivity index (χ0) is 31.6. The predicted octanol–water partition coefficient (Wildman–Crippen LogP) is 10.7. The number of unbranched alkanes of at least 4 members (excludes halogenated alkanes) is 19. The second kappa shape index (κ2) is 33.1. The first-order valence-corrected chi connectivity index (χ1v) is 18.2. The highest BCUT2D eigenvalue weighted by atomic mass is 16.6. The Hall–Kier alpha value is -1.85. The van der Waals surface area contributed by atoms with Gasteiger partial charge in [0.1, 0.15) is 13.2 Å². The summed E-state index contributed by atoms with van der Waals surface area (Å²) in [6.07, 6.45) is 30.7. The van der Waals surface area contributed by atoms with E-state index in [1.165, 1.54) is 77.0 Å². The van der Waals surface area contributed by atoms with Gasteiger partial charge in [-0.15, -0.1) is 0 Å². The molecule has 1 atom stereocenters. The third kappa shape index (κ3) is 31.4. The molecule has 0 saturated heterocycles. The number of rotatable bonds is 32. The smallest absolute Gasteiger partial charge is 0.306 e. The maximum absolute atomic E-state index is 12.5. The zero-order valence-corrected chi connectivity index (χ0v) is 28.5. The van der Waals surface area contributed by atoms with Gasteiger partial charge in [-0.1, -0.05) is 142 Å². The number of esters is 3. The van der Waals surface area contributed by atoms with Crippen molar-refractivity contribution in [2.75, 3.05) is 13.2 Å². The van der Waals surface area contributed by atoms with Gasteiger partial charge in [-0.05, 0) is 38.5 Å². The van der Waals surface area contributed by atoms with E-state index in [2.05, 4.69) is 32.9 Å². The van der Waals surface area contributed by atoms with Crippen molar-refractivity contribution in [1.29, 1.82) is 0 Å². The number of hydrogen-bond donors (Lipinski definition) is 0. The van der Waals surface area contributed by atoms with Crippen molar-refractivity contribution < 1.29 is 28.6 Å². The molecule has 0 aromatic carbocycles. The van der Waals surface area contributed by atoms with E-state index in [0.717, 1.165) is 70.6 Å². The standard InChI is InChI=1S/C37H68O6/c1-4-7-10-13-16-18-20-21-24-27-30-36(39)42-33-34(32-41-35(38)29-26-23-15-12-9-6-3)43-37(40)31-28-25-22-19-17-14-11-8-5-2/h10,13,34H,4-9,11-12,14-33H2,1-3H3/b13-10-. The summed E-state index contributed by atoms with van der Waals surface area (Å²) in [5.41, 5.74) is 0. The molecule has 0 aliphatic heterocycles. The Kier molecular flexibility index (Phi) is 31.6. The third-order valence-electron chi connectivity index (χ3n) is 7.75. The molecule has 6 heteroatoms. The van der Waals surface area contributed by atoms with Gasteiger partial charge in [0.25, 0.3) is 0 Å². The largest absolute Gasteiger partial charge is 0.462 e. The molecule has 43 heavy (non-hydrogen) atoms. The number of carbonyl (C=O) groups excluding carboxylic acids is 3. The van der Waals surface area contributed by atoms with Crippen LogP contribution in [0.3, 0.4) is 0 Å². The molecule has 252 valence electrons. The Morgan fingerprint density at radius 2 is 0.814 bits per heavy atom. The van der Waals surface area contributed by atoms with Crippen LogP contribution < -0.4 is 0 Å². The highest BCUT2D eigenvalue weighted by Gasteiger charge is 2.19. The van der Waals surface area contributed by atoms with Crippen LogP contribution >= 0.6 is 0 Å². The van der Waals surface area contributed by atoms with Crippen molar-refractivity contribution in [1.82, 2.24) is 0 Å². The molecule has 0 aromatic heterocycles. The van der Waals surface area contributed by atoms with Gasteiger partial charge < -0.3 is 14.2 Å². The van der Waals surface area contributed by atoms with Crippen LogP contribution in [0.5, 0.6) is 0 Å². The van der Waals surface area contributed by atoms with Crippen LogP contribution in [0, 0.1) is 0 Å². The third-order valence-corrected chi connectivity index (χ3v) is 7.75. The summed E-state index contributed by atoms with van der Waals surface area (Å²) in [6, 6.07) is 0. The Balaban J connectivity index is 4.35. The lowest BCUT2D eigenvalue weighted by Crippen LogP contribution is -2.30. The SMILES string of the molecule is CCC/C=C\CCCCCCCC(=O)OCC(COC(=O)CCCCCCCC)OC(=O)CCCCCCCCCCC. The van der Waals surface area contributed by atoms with Gasteiger partial charge >= 0.3 is 17.9 Å². The van der Waals surface area contributed by atoms with Gasteiger partial charge in [-0.3, -0.25) is 14.4 Å². The van der Waals surface area contributed by atoms with Crippen LogP contribution in [0.25, 0.3) is 0 Å². The number of carbonyl (C=O) groups is 3. The van der Waals surface area contributed by atoms with Crippen LogP contribution in [-0.2, 0) is 28.6 Å². The predicted molar refractivity (Wildman–Crippen MR) is 178 cm³/mol. The van der Waals surface area contributed by atoms with Crippen LogP contribution in [0.4, 0.5) is 0 Å². The molecule has 0 fully saturated rings. The van der Waals surface area contributed by atoms with E-state index in [1.807, 2.05) is 0 Å². The summed E-state index contributed by atoms with van der Waals surface area (Å²) in [4.78, 5) is 37.1. The summed E-state index contributed by atoms with van der Waals surface area (Å²) in [5, 5.41) is 0. The molecule has 0 bridgehead atoms. The molecule has 0 aromatic rings. The van der Waals surface area contributed by atoms with Gasteiger partial charge in [0, 0.05) is 19.3 Å². The molecular weight excluding hydrogens is 540 g/mol. The first-order valence-electron chi connectivity index (χ1n) is 18.2. The highest BCUT2D eigenvalue weighted by Crippen LogP contribution is 2.13. The maximum atomic E-state index is 12.5. The molecule has 0 aliphatic rings. The molecule has 0 radical (unpaired) electrons. The number of ether oxygens (including phenoxy) is 3. The highest BCUT2D eigenvalue weighted by molar-refractivity contribution is 5.71. The Labute approximate surface area is 265 Å². The Morgan fingerprint density at radius 3 is 1.26 bits per heavy atom. The Morgan fingerprint density at radius 1 is 0.442 bits per heavy atom. The molecule has 0 saturated carbocycles. The summed E-state index contributed by atoms with van der Waals surface area (Å²) < 4.78 is 16.5. The zero-order valence-electron chi connectivity index (χ0n) is 28.5. The van der Waals surface area contributed by atoms with E-state index in [1.54, 1.807) is 0 Å². The minimum Gasteiger partial charge on any atom is -0.462 e. The molecule has 0 N–H and O–H groups in total. The quantitative estimate of drug-likeness (QED) is 0.0327. The number of hydrogen-bond acceptors (Lipinski definition) is 6. The fourth-order valence-corrected chi connectivity index (χ4v) is 4.97. The molecule has 0 heterocycles. The van der Waals surface area contributed by atoms with Gasteiger partial charge in [0.2, 0.25) is 0 Å². The first-order chi connectivity index (χ1) is 21.0. The van der Waals surface area contributed by atoms with Crippen molar-refractivity contribution in [2.45, 2.75) is 194 Å². The van der Waals surface area contributed by atoms with E-state index >= 15 is 0 Å². The van der Waals surface area contributed by atoms with Crippen molar-refractivity contribution >= 4 is 17.9 Å². The lowest BCUT2D eigenvalue weighted by Gasteiger charge is -2.18. The topological polar surface area (TPSA) is 78.9 Å². The molecular formula is C37H68O6. The van der Waals surface area contributed by atoms with Gasteiger partial charge in [0.05, 0.1) is 0 Å². The van der Waals surface area contributed by atoms with Crippen LogP contribution in [0.1, 0.15) is 188 Å². The van der Waals surface area contributed by atoms with E-state index in [9.17, 15) is 14.4 Å². The van der Waals surface area contributed by atoms with Crippen molar-refractivity contribution in [3.8, 4) is 0 Å². The van der Waals surface area contributed by atoms with E-state index in [0.29, 0.717) is 19.3 Å². The molecule has 1 unspecified atom stereocenters. The fraction of sp³-hybridized carbons (Fsp3) is 0.865. The second-order valence-electron chi connectivity index (χ2n) is 12.1. The lowest BCUT2D eigenvalue weighted by molar-refractivity contribution is -0.167. The molecule has 6 nitrogen and oxygen atoms in total. The van der Waals surface area contributed by atoms with Gasteiger partial charge in [0.15, 0.2) is 6.10 Å². The molecule has 0 amide bonds. The van der Waals surface area contributed by atoms with Crippen molar-refractivity contribution in [3.05, 3.63) is 12.2 Å². The minimum absolute atomic E-state index is 0.0713. The molecule has 0 rings (SSSR count). The van der Waals surface area contributed by atoms with E-state index < -0.39 is 6.10 Å². The van der Waals surface area contributed by atoms with Crippen molar-refractivity contribution in [2.24, 2.45) is 0 Å². The maximum Gasteiger partial charge on any atom is 0.306 e. The molecule has 0 spiro atoms. The second-order valence-corrected chi connectivity index (χ2v) is 12.1. The van der Waals surface area contributed by atoms with Crippen LogP contribution in [0.2, 0.25) is 0 Å². The Bertz CT molecular complexity index is 674. The van der Waals surface area contributed by atoms with Gasteiger partial charge in [-0.25, -0.2) is 0 Å². The molecule has 0 aliphatic carbocycles. The summed E-state index contributed by atoms with van der Waals surface area (Å²) in [6.45, 7) is 6.46. The normalized spacial score (nSPS) is 12.0. The number of allylic oxidation sites excluding steroid dienone is 2. The average Bonchev–Trinajstić information content (AvgIpc) is 3.00.